The smallest absolute Gasteiger partial charge is 0.338 e. The van der Waals surface area contributed by atoms with Gasteiger partial charge in [-0.3, -0.25) is 10.1 Å². The fourth-order valence-corrected chi connectivity index (χ4v) is 3.36. The molecule has 0 spiro atoms. The molecule has 1 heterocycles. The Morgan fingerprint density at radius 3 is 2.68 bits per heavy atom. The lowest BCUT2D eigenvalue weighted by Gasteiger charge is -2.05. The number of hydrogen-bond donors (Lipinski definition) is 1. The maximum atomic E-state index is 12.1. The number of carbonyl (C=O) groups is 2. The Morgan fingerprint density at radius 1 is 1.14 bits per heavy atom. The van der Waals surface area contributed by atoms with E-state index >= 15 is 0 Å². The first-order valence-electron chi connectivity index (χ1n) is 9.12. The van der Waals surface area contributed by atoms with E-state index in [0.717, 1.165) is 23.1 Å². The van der Waals surface area contributed by atoms with Gasteiger partial charge in [-0.05, 0) is 43.7 Å². The van der Waals surface area contributed by atoms with Gasteiger partial charge in [-0.2, -0.15) is 0 Å². The van der Waals surface area contributed by atoms with Gasteiger partial charge in [-0.15, -0.1) is 0 Å². The van der Waals surface area contributed by atoms with Crippen molar-refractivity contribution in [1.29, 1.82) is 0 Å². The second-order valence-electron chi connectivity index (χ2n) is 6.34. The number of hydrogen-bond acceptors (Lipinski definition) is 6. The van der Waals surface area contributed by atoms with E-state index in [1.165, 1.54) is 11.3 Å². The Bertz CT molecular complexity index is 966. The van der Waals surface area contributed by atoms with Crippen LogP contribution in [0.4, 0.5) is 5.13 Å². The maximum Gasteiger partial charge on any atom is 0.338 e. The van der Waals surface area contributed by atoms with Gasteiger partial charge in [0, 0.05) is 0 Å². The quantitative estimate of drug-likeness (QED) is 0.444. The molecular formula is C21H22N2O4S. The van der Waals surface area contributed by atoms with E-state index in [4.69, 9.17) is 9.47 Å². The molecule has 0 saturated carbocycles. The molecule has 7 heteroatoms. The highest BCUT2D eigenvalue weighted by atomic mass is 32.1. The van der Waals surface area contributed by atoms with Gasteiger partial charge in [-0.1, -0.05) is 42.4 Å². The summed E-state index contributed by atoms with van der Waals surface area (Å²) in [6.07, 6.45) is 1.81. The highest BCUT2D eigenvalue weighted by Gasteiger charge is 2.12. The number of benzene rings is 2. The third kappa shape index (κ3) is 5.29. The minimum atomic E-state index is -0.346. The summed E-state index contributed by atoms with van der Waals surface area (Å²) in [5, 5.41) is 3.19. The van der Waals surface area contributed by atoms with Crippen LogP contribution in [-0.4, -0.2) is 30.1 Å². The van der Waals surface area contributed by atoms with Crippen LogP contribution >= 0.6 is 11.3 Å². The van der Waals surface area contributed by atoms with Crippen molar-refractivity contribution in [2.45, 2.75) is 26.7 Å². The Balaban J connectivity index is 1.59. The molecule has 0 fully saturated rings. The largest absolute Gasteiger partial charge is 0.484 e. The topological polar surface area (TPSA) is 77.5 Å². The monoisotopic (exact) mass is 398 g/mol. The minimum Gasteiger partial charge on any atom is -0.484 e. The van der Waals surface area contributed by atoms with E-state index in [0.29, 0.717) is 28.6 Å². The molecule has 0 saturated heterocycles. The predicted molar refractivity (Wildman–Crippen MR) is 110 cm³/mol. The van der Waals surface area contributed by atoms with Crippen LogP contribution in [0.2, 0.25) is 0 Å². The average molecular weight is 398 g/mol. The second-order valence-corrected chi connectivity index (χ2v) is 7.37. The maximum absolute atomic E-state index is 12.1. The third-order valence-corrected chi connectivity index (χ3v) is 4.93. The van der Waals surface area contributed by atoms with Crippen molar-refractivity contribution in [3.05, 3.63) is 53.6 Å². The molecule has 0 aliphatic carbocycles. The average Bonchev–Trinajstić information content (AvgIpc) is 3.09. The first kappa shape index (κ1) is 19.8. The van der Waals surface area contributed by atoms with Crippen LogP contribution < -0.4 is 10.1 Å². The van der Waals surface area contributed by atoms with E-state index in [-0.39, 0.29) is 18.5 Å². The van der Waals surface area contributed by atoms with E-state index in [1.807, 2.05) is 38.1 Å². The van der Waals surface area contributed by atoms with Crippen LogP contribution in [0.1, 0.15) is 35.7 Å². The molecule has 0 aliphatic heterocycles. The molecule has 3 aromatic rings. The van der Waals surface area contributed by atoms with E-state index < -0.39 is 0 Å². The standard InChI is InChI=1S/C21H22N2O4S/c1-3-4-11-26-20(25)15-7-10-17-18(12-15)28-21(22-17)23-19(24)13-27-16-8-5-14(2)6-9-16/h5-10,12H,3-4,11,13H2,1-2H3,(H,22,23,24). The molecular weight excluding hydrogens is 376 g/mol. The van der Waals surface area contributed by atoms with Crippen LogP contribution in [0.3, 0.4) is 0 Å². The fraction of sp³-hybridized carbons (Fsp3) is 0.286. The van der Waals surface area contributed by atoms with Crippen LogP contribution in [0.5, 0.6) is 5.75 Å². The Kier molecular flexibility index (Phi) is 6.60. The Labute approximate surface area is 167 Å². The molecule has 2 aromatic carbocycles. The van der Waals surface area contributed by atoms with Crippen molar-refractivity contribution in [3.63, 3.8) is 0 Å². The molecule has 0 atom stereocenters. The first-order chi connectivity index (χ1) is 13.5. The van der Waals surface area contributed by atoms with Crippen molar-refractivity contribution in [3.8, 4) is 5.75 Å². The zero-order valence-electron chi connectivity index (χ0n) is 15.9. The lowest BCUT2D eigenvalue weighted by Crippen LogP contribution is -2.19. The summed E-state index contributed by atoms with van der Waals surface area (Å²) >= 11 is 1.30. The number of ether oxygens (including phenoxy) is 2. The molecule has 6 nitrogen and oxygen atoms in total. The van der Waals surface area contributed by atoms with Crippen LogP contribution in [0, 0.1) is 6.92 Å². The molecule has 0 unspecified atom stereocenters. The lowest BCUT2D eigenvalue weighted by molar-refractivity contribution is -0.118. The summed E-state index contributed by atoms with van der Waals surface area (Å²) in [6.45, 7) is 4.34. The second kappa shape index (κ2) is 9.32. The molecule has 146 valence electrons. The van der Waals surface area contributed by atoms with Crippen LogP contribution in [0.15, 0.2) is 42.5 Å². The fourth-order valence-electron chi connectivity index (χ4n) is 2.44. The molecule has 1 N–H and O–H groups in total. The van der Waals surface area contributed by atoms with Crippen LogP contribution in [0.25, 0.3) is 10.2 Å². The summed E-state index contributed by atoms with van der Waals surface area (Å²) < 4.78 is 11.5. The summed E-state index contributed by atoms with van der Waals surface area (Å²) in [6, 6.07) is 12.7. The lowest BCUT2D eigenvalue weighted by atomic mass is 10.2. The minimum absolute atomic E-state index is 0.103. The van der Waals surface area contributed by atoms with Crippen molar-refractivity contribution >= 4 is 38.6 Å². The van der Waals surface area contributed by atoms with Crippen molar-refractivity contribution in [2.75, 3.05) is 18.5 Å². The summed E-state index contributed by atoms with van der Waals surface area (Å²) in [7, 11) is 0. The number of anilines is 1. The van der Waals surface area contributed by atoms with Crippen molar-refractivity contribution in [2.24, 2.45) is 0 Å². The normalized spacial score (nSPS) is 10.6. The molecule has 28 heavy (non-hydrogen) atoms. The molecule has 1 amide bonds. The Morgan fingerprint density at radius 2 is 1.93 bits per heavy atom. The van der Waals surface area contributed by atoms with Gasteiger partial charge in [0.25, 0.3) is 5.91 Å². The summed E-state index contributed by atoms with van der Waals surface area (Å²) in [5.74, 6) is -0.00376. The molecule has 0 bridgehead atoms. The van der Waals surface area contributed by atoms with E-state index in [1.54, 1.807) is 18.2 Å². The highest BCUT2D eigenvalue weighted by Crippen LogP contribution is 2.27. The molecule has 0 aliphatic rings. The number of aromatic nitrogens is 1. The van der Waals surface area contributed by atoms with Gasteiger partial charge in [0.1, 0.15) is 5.75 Å². The zero-order chi connectivity index (χ0) is 19.9. The number of rotatable bonds is 8. The Hall–Kier alpha value is -2.93. The van der Waals surface area contributed by atoms with Gasteiger partial charge < -0.3 is 9.47 Å². The number of aryl methyl sites for hydroxylation is 1. The number of fused-ring (bicyclic) bond motifs is 1. The summed E-state index contributed by atoms with van der Waals surface area (Å²) in [5.41, 5.74) is 2.32. The summed E-state index contributed by atoms with van der Waals surface area (Å²) in [4.78, 5) is 28.5. The van der Waals surface area contributed by atoms with Gasteiger partial charge in [-0.25, -0.2) is 9.78 Å². The number of esters is 1. The third-order valence-electron chi connectivity index (χ3n) is 3.99. The number of thiazole rings is 1. The van der Waals surface area contributed by atoms with Crippen molar-refractivity contribution < 1.29 is 19.1 Å². The first-order valence-corrected chi connectivity index (χ1v) is 9.94. The SMILES string of the molecule is CCCCOC(=O)c1ccc2nc(NC(=O)COc3ccc(C)cc3)sc2c1. The molecule has 3 rings (SSSR count). The number of nitrogens with one attached hydrogen (secondary N) is 1. The predicted octanol–water partition coefficient (Wildman–Crippen LogP) is 4.58. The molecule has 0 radical (unpaired) electrons. The van der Waals surface area contributed by atoms with Gasteiger partial charge in [0.05, 0.1) is 22.4 Å². The number of nitrogens with zero attached hydrogens (tertiary/aromatic N) is 1. The van der Waals surface area contributed by atoms with Crippen LogP contribution in [-0.2, 0) is 9.53 Å². The van der Waals surface area contributed by atoms with Crippen molar-refractivity contribution in [1.82, 2.24) is 4.98 Å². The number of unbranched alkanes of at least 4 members (excludes halogenated alkanes) is 1. The highest BCUT2D eigenvalue weighted by molar-refractivity contribution is 7.22. The molecule has 1 aromatic heterocycles. The van der Waals surface area contributed by atoms with Gasteiger partial charge in [0.15, 0.2) is 11.7 Å². The van der Waals surface area contributed by atoms with Gasteiger partial charge in [0.2, 0.25) is 0 Å². The van der Waals surface area contributed by atoms with Gasteiger partial charge >= 0.3 is 5.97 Å². The zero-order valence-corrected chi connectivity index (χ0v) is 16.7. The number of carbonyl (C=O) groups excluding carboxylic acids is 2. The van der Waals surface area contributed by atoms with E-state index in [9.17, 15) is 9.59 Å². The van der Waals surface area contributed by atoms with E-state index in [2.05, 4.69) is 10.3 Å². The number of amides is 1.